The molecule has 34 valence electrons. The molecule has 0 unspecified atom stereocenters. The van der Waals surface area contributed by atoms with Crippen molar-refractivity contribution in [2.24, 2.45) is 0 Å². The van der Waals surface area contributed by atoms with Gasteiger partial charge >= 0.3 is 0 Å². The lowest BCUT2D eigenvalue weighted by molar-refractivity contribution is 1.53. The lowest BCUT2D eigenvalue weighted by atomic mass is 11.8. The fourth-order valence-electron chi connectivity index (χ4n) is 0. The summed E-state index contributed by atoms with van der Waals surface area (Å²) < 4.78 is 0. The molecule has 0 spiro atoms. The minimum Gasteiger partial charge on any atom is -0.207 e. The van der Waals surface area contributed by atoms with Gasteiger partial charge in [-0.05, 0) is 0 Å². The number of rotatable bonds is 0. The Morgan fingerprint density at radius 1 is 1.33 bits per heavy atom. The van der Waals surface area contributed by atoms with E-state index in [1.807, 2.05) is 19.6 Å². The maximum atomic E-state index is 8.21. The predicted molar refractivity (Wildman–Crippen MR) is 29.0 cm³/mol. The fourth-order valence-corrected chi connectivity index (χ4v) is 0. The molecule has 0 amide bonds. The Hall–Kier alpha value is -0.293. The van der Waals surface area contributed by atoms with Crippen molar-refractivity contribution in [3.63, 3.8) is 0 Å². The van der Waals surface area contributed by atoms with E-state index in [2.05, 4.69) is 5.69 Å². The molecule has 0 saturated carbocycles. The monoisotopic (exact) mass is 100 g/mol. The van der Waals surface area contributed by atoms with Crippen molar-refractivity contribution in [1.29, 1.82) is 5.26 Å². The van der Waals surface area contributed by atoms with Crippen molar-refractivity contribution in [1.82, 2.24) is 0 Å². The first-order valence-electron chi connectivity index (χ1n) is 1.97. The Bertz CT molecular complexity index is 74.5. The van der Waals surface area contributed by atoms with Gasteiger partial charge in [0.05, 0.1) is 0 Å². The molecule has 0 rings (SSSR count). The number of hydrogen-bond donors (Lipinski definition) is 0. The zero-order valence-corrected chi connectivity index (χ0v) is 5.45. The molecule has 0 radical (unpaired) electrons. The summed E-state index contributed by atoms with van der Waals surface area (Å²) in [4.78, 5) is 0. The maximum Gasteiger partial charge on any atom is 0.164 e. The molecule has 0 fully saturated rings. The molecule has 0 aromatic rings. The van der Waals surface area contributed by atoms with Gasteiger partial charge in [-0.3, -0.25) is 0 Å². The maximum absolute atomic E-state index is 8.21. The predicted octanol–water partition coefficient (Wildman–Crippen LogP) is 1.39. The molecule has 0 aliphatic carbocycles. The van der Waals surface area contributed by atoms with E-state index in [9.17, 15) is 0 Å². The molecule has 0 aliphatic heterocycles. The van der Waals surface area contributed by atoms with Crippen molar-refractivity contribution in [3.8, 4) is 5.69 Å². The topological polar surface area (TPSA) is 23.8 Å². The molecule has 0 saturated heterocycles. The minimum absolute atomic E-state index is 1.33. The van der Waals surface area contributed by atoms with Crippen LogP contribution in [0, 0.1) is 11.0 Å². The Labute approximate surface area is 39.6 Å². The lowest BCUT2D eigenvalue weighted by Crippen LogP contribution is -2.15. The highest BCUT2D eigenvalue weighted by atomic mass is 28.3. The Morgan fingerprint density at radius 2 is 1.50 bits per heavy atom. The van der Waals surface area contributed by atoms with E-state index >= 15 is 0 Å². The van der Waals surface area contributed by atoms with Gasteiger partial charge in [-0.2, -0.15) is 0 Å². The van der Waals surface area contributed by atoms with Crippen LogP contribution in [0.4, 0.5) is 0 Å². The largest absolute Gasteiger partial charge is 0.207 e. The molecular formula is C4H9NSi. The molecule has 0 aliphatic rings. The third kappa shape index (κ3) is 3.71. The zero-order valence-electron chi connectivity index (χ0n) is 4.45. The molecular weight excluding hydrogens is 91.1 g/mol. The summed E-state index contributed by atoms with van der Waals surface area (Å²) in [6, 6.07) is 0. The van der Waals surface area contributed by atoms with E-state index in [1.165, 1.54) is 0 Å². The van der Waals surface area contributed by atoms with Crippen molar-refractivity contribution in [2.45, 2.75) is 19.6 Å². The summed E-state index contributed by atoms with van der Waals surface area (Å²) in [7, 11) is -1.33. The van der Waals surface area contributed by atoms with E-state index in [1.54, 1.807) is 0 Å². The molecule has 6 heavy (non-hydrogen) atoms. The van der Waals surface area contributed by atoms with Crippen LogP contribution in [0.15, 0.2) is 0 Å². The first-order chi connectivity index (χ1) is 2.56. The molecule has 0 aromatic heterocycles. The van der Waals surface area contributed by atoms with E-state index in [0.29, 0.717) is 0 Å². The molecule has 1 nitrogen and oxygen atoms in total. The van der Waals surface area contributed by atoms with Gasteiger partial charge in [-0.15, -0.1) is 0 Å². The third-order valence-electron chi connectivity index (χ3n) is 0.335. The van der Waals surface area contributed by atoms with Crippen LogP contribution >= 0.6 is 0 Å². The average Bonchev–Trinajstić information content (AvgIpc) is 1.35. The summed E-state index contributed by atoms with van der Waals surface area (Å²) in [6.07, 6.45) is 0. The van der Waals surface area contributed by atoms with Crippen molar-refractivity contribution < 1.29 is 0 Å². The van der Waals surface area contributed by atoms with Crippen molar-refractivity contribution in [2.75, 3.05) is 0 Å². The van der Waals surface area contributed by atoms with Gasteiger partial charge in [0.15, 0.2) is 8.07 Å². The van der Waals surface area contributed by atoms with Crippen LogP contribution in [-0.4, -0.2) is 8.07 Å². The second kappa shape index (κ2) is 1.44. The Balaban J connectivity index is 3.55. The van der Waals surface area contributed by atoms with Gasteiger partial charge in [0.25, 0.3) is 0 Å². The second-order valence-corrected chi connectivity index (χ2v) is 7.09. The lowest BCUT2D eigenvalue weighted by Gasteiger charge is -1.96. The first-order valence-corrected chi connectivity index (χ1v) is 5.47. The summed E-state index contributed by atoms with van der Waals surface area (Å²) in [5, 5.41) is 8.21. The minimum atomic E-state index is -1.33. The van der Waals surface area contributed by atoms with Crippen LogP contribution in [0.3, 0.4) is 0 Å². The Morgan fingerprint density at radius 3 is 1.50 bits per heavy atom. The molecule has 0 N–H and O–H groups in total. The van der Waals surface area contributed by atoms with Crippen LogP contribution in [0.5, 0.6) is 0 Å². The average molecular weight is 100 g/mol. The van der Waals surface area contributed by atoms with E-state index < -0.39 is 8.07 Å². The van der Waals surface area contributed by atoms with Crippen LogP contribution < -0.4 is 0 Å². The number of hydrogen-bond acceptors (Lipinski definition) is 1. The third-order valence-corrected chi connectivity index (χ3v) is 1.01. The van der Waals surface area contributed by atoms with Crippen molar-refractivity contribution in [3.05, 3.63) is 0 Å². The standard InChI is InChI=1S/C4H9NSi/c1-6(2,3)4-5/h1-3H3/i4+1. The zero-order chi connectivity index (χ0) is 5.21. The summed E-state index contributed by atoms with van der Waals surface area (Å²) in [5.41, 5.74) is 2.24. The van der Waals surface area contributed by atoms with Crippen LogP contribution in [0.25, 0.3) is 0 Å². The van der Waals surface area contributed by atoms with Crippen LogP contribution in [0.2, 0.25) is 19.6 Å². The van der Waals surface area contributed by atoms with Gasteiger partial charge in [-0.1, -0.05) is 19.6 Å². The van der Waals surface area contributed by atoms with Gasteiger partial charge in [-0.25, -0.2) is 5.26 Å². The molecule has 0 heterocycles. The molecule has 0 atom stereocenters. The van der Waals surface area contributed by atoms with E-state index in [4.69, 9.17) is 5.26 Å². The smallest absolute Gasteiger partial charge is 0.164 e. The van der Waals surface area contributed by atoms with E-state index in [0.717, 1.165) is 0 Å². The van der Waals surface area contributed by atoms with Gasteiger partial charge in [0, 0.05) is 5.69 Å². The summed E-state index contributed by atoms with van der Waals surface area (Å²) in [6.45, 7) is 6.06. The highest BCUT2D eigenvalue weighted by molar-refractivity contribution is 6.83. The fraction of sp³-hybridized carbons (Fsp3) is 0.750. The SMILES string of the molecule is C[Si](C)(C)[13C]#N. The Kier molecular flexibility index (Phi) is 1.37. The van der Waals surface area contributed by atoms with E-state index in [-0.39, 0.29) is 0 Å². The number of nitrogens with zero attached hydrogens (tertiary/aromatic N) is 1. The molecule has 0 aromatic carbocycles. The van der Waals surface area contributed by atoms with Crippen LogP contribution in [0.1, 0.15) is 0 Å². The van der Waals surface area contributed by atoms with Gasteiger partial charge < -0.3 is 0 Å². The summed E-state index contributed by atoms with van der Waals surface area (Å²) in [5.74, 6) is 0. The number of nitriles is 1. The second-order valence-electron chi connectivity index (χ2n) is 2.36. The highest BCUT2D eigenvalue weighted by Gasteiger charge is 2.09. The molecule has 2 heteroatoms. The van der Waals surface area contributed by atoms with Crippen molar-refractivity contribution >= 4 is 8.07 Å². The van der Waals surface area contributed by atoms with Gasteiger partial charge in [0.1, 0.15) is 0 Å². The highest BCUT2D eigenvalue weighted by Crippen LogP contribution is 1.94. The normalized spacial score (nSPS) is 10.3. The molecule has 0 bridgehead atoms. The van der Waals surface area contributed by atoms with Gasteiger partial charge in [0.2, 0.25) is 0 Å². The summed E-state index contributed by atoms with van der Waals surface area (Å²) >= 11 is 0. The first kappa shape index (κ1) is 5.71. The van der Waals surface area contributed by atoms with Crippen LogP contribution in [-0.2, 0) is 0 Å². The quantitative estimate of drug-likeness (QED) is 0.333.